The Hall–Kier alpha value is -3.90. The maximum atomic E-state index is 12.8. The van der Waals surface area contributed by atoms with Gasteiger partial charge in [0.2, 0.25) is 11.8 Å². The summed E-state index contributed by atoms with van der Waals surface area (Å²) in [6.07, 6.45) is 1.89. The van der Waals surface area contributed by atoms with Crippen molar-refractivity contribution in [2.24, 2.45) is 0 Å². The molecule has 0 fully saturated rings. The molecule has 0 bridgehead atoms. The number of ether oxygens (including phenoxy) is 2. The summed E-state index contributed by atoms with van der Waals surface area (Å²) >= 11 is 5.66. The standard InChI is InChI=1S/C26H21ClN2O4/c1-32-25-20-11-6-12-22(33-26(31)17-7-3-2-4-8-17)24(20)21(16-28-25)18-9-5-10-19(15-18)29-23(30)13-14-27/h2-12,15-16H,13-14H2,1H3,(H,29,30). The summed E-state index contributed by atoms with van der Waals surface area (Å²) in [5.74, 6) is 0.408. The van der Waals surface area contributed by atoms with Gasteiger partial charge in [-0.3, -0.25) is 4.79 Å². The lowest BCUT2D eigenvalue weighted by Gasteiger charge is -2.15. The minimum absolute atomic E-state index is 0.169. The van der Waals surface area contributed by atoms with Crippen LogP contribution in [0.2, 0.25) is 0 Å². The van der Waals surface area contributed by atoms with Gasteiger partial charge in [0.15, 0.2) is 0 Å². The summed E-state index contributed by atoms with van der Waals surface area (Å²) < 4.78 is 11.2. The Bertz CT molecular complexity index is 1310. The summed E-state index contributed by atoms with van der Waals surface area (Å²) in [5.41, 5.74) is 2.60. The Labute approximate surface area is 196 Å². The fourth-order valence-electron chi connectivity index (χ4n) is 3.52. The molecule has 0 spiro atoms. The predicted molar refractivity (Wildman–Crippen MR) is 129 cm³/mol. The van der Waals surface area contributed by atoms with Crippen molar-refractivity contribution in [2.45, 2.75) is 6.42 Å². The number of carbonyl (C=O) groups is 2. The number of fused-ring (bicyclic) bond motifs is 1. The van der Waals surface area contributed by atoms with Gasteiger partial charge in [-0.15, -0.1) is 11.6 Å². The molecule has 0 aliphatic carbocycles. The summed E-state index contributed by atoms with van der Waals surface area (Å²) in [7, 11) is 1.54. The number of carbonyl (C=O) groups excluding carboxylic acids is 2. The average molecular weight is 461 g/mol. The van der Waals surface area contributed by atoms with Gasteiger partial charge < -0.3 is 14.8 Å². The molecule has 166 valence electrons. The van der Waals surface area contributed by atoms with Gasteiger partial charge >= 0.3 is 5.97 Å². The minimum atomic E-state index is -0.466. The van der Waals surface area contributed by atoms with Crippen LogP contribution in [0, 0.1) is 0 Å². The van der Waals surface area contributed by atoms with Crippen LogP contribution >= 0.6 is 11.6 Å². The van der Waals surface area contributed by atoms with Crippen LogP contribution in [-0.2, 0) is 4.79 Å². The molecule has 6 nitrogen and oxygen atoms in total. The number of hydrogen-bond donors (Lipinski definition) is 1. The highest BCUT2D eigenvalue weighted by molar-refractivity contribution is 6.19. The molecule has 0 saturated carbocycles. The van der Waals surface area contributed by atoms with E-state index in [4.69, 9.17) is 21.1 Å². The van der Waals surface area contributed by atoms with E-state index in [1.54, 1.807) is 48.7 Å². The number of alkyl halides is 1. The molecule has 1 amide bonds. The van der Waals surface area contributed by atoms with Gasteiger partial charge in [-0.05, 0) is 42.0 Å². The fraction of sp³-hybridized carbons (Fsp3) is 0.115. The average Bonchev–Trinajstić information content (AvgIpc) is 2.84. The summed E-state index contributed by atoms with van der Waals surface area (Å²) in [6, 6.07) is 21.5. The Balaban J connectivity index is 1.81. The van der Waals surface area contributed by atoms with Crippen LogP contribution in [0.3, 0.4) is 0 Å². The molecule has 4 rings (SSSR count). The van der Waals surface area contributed by atoms with Gasteiger partial charge in [0.1, 0.15) is 5.75 Å². The zero-order valence-corrected chi connectivity index (χ0v) is 18.6. The maximum Gasteiger partial charge on any atom is 0.343 e. The van der Waals surface area contributed by atoms with E-state index in [9.17, 15) is 9.59 Å². The first kappa shape index (κ1) is 22.3. The highest BCUT2D eigenvalue weighted by Gasteiger charge is 2.17. The lowest BCUT2D eigenvalue weighted by molar-refractivity contribution is -0.115. The van der Waals surface area contributed by atoms with Gasteiger partial charge in [0.25, 0.3) is 0 Å². The largest absolute Gasteiger partial charge is 0.481 e. The van der Waals surface area contributed by atoms with Crippen LogP contribution < -0.4 is 14.8 Å². The zero-order valence-electron chi connectivity index (χ0n) is 17.9. The quantitative estimate of drug-likeness (QED) is 0.217. The first-order valence-corrected chi connectivity index (χ1v) is 10.8. The van der Waals surface area contributed by atoms with E-state index < -0.39 is 5.97 Å². The van der Waals surface area contributed by atoms with Crippen molar-refractivity contribution in [3.63, 3.8) is 0 Å². The zero-order chi connectivity index (χ0) is 23.2. The molecule has 0 aliphatic heterocycles. The van der Waals surface area contributed by atoms with Gasteiger partial charge in [0, 0.05) is 40.5 Å². The van der Waals surface area contributed by atoms with Crippen LogP contribution in [0.4, 0.5) is 5.69 Å². The third-order valence-electron chi connectivity index (χ3n) is 5.02. The first-order valence-electron chi connectivity index (χ1n) is 10.3. The molecule has 33 heavy (non-hydrogen) atoms. The van der Waals surface area contributed by atoms with Crippen LogP contribution in [-0.4, -0.2) is 29.9 Å². The van der Waals surface area contributed by atoms with E-state index in [0.717, 1.165) is 11.1 Å². The second-order valence-corrected chi connectivity index (χ2v) is 7.56. The van der Waals surface area contributed by atoms with Gasteiger partial charge in [-0.25, -0.2) is 9.78 Å². The van der Waals surface area contributed by atoms with Crippen molar-refractivity contribution in [1.82, 2.24) is 4.98 Å². The number of amides is 1. The number of benzene rings is 3. The van der Waals surface area contributed by atoms with Crippen molar-refractivity contribution < 1.29 is 19.1 Å². The van der Waals surface area contributed by atoms with E-state index in [0.29, 0.717) is 33.7 Å². The van der Waals surface area contributed by atoms with E-state index >= 15 is 0 Å². The lowest BCUT2D eigenvalue weighted by Crippen LogP contribution is -2.11. The second-order valence-electron chi connectivity index (χ2n) is 7.18. The third-order valence-corrected chi connectivity index (χ3v) is 5.21. The van der Waals surface area contributed by atoms with Crippen molar-refractivity contribution in [2.75, 3.05) is 18.3 Å². The molecular weight excluding hydrogens is 440 g/mol. The monoisotopic (exact) mass is 460 g/mol. The number of nitrogens with one attached hydrogen (secondary N) is 1. The molecule has 3 aromatic carbocycles. The molecule has 1 aromatic heterocycles. The number of rotatable bonds is 7. The van der Waals surface area contributed by atoms with Crippen LogP contribution in [0.1, 0.15) is 16.8 Å². The smallest absolute Gasteiger partial charge is 0.343 e. The van der Waals surface area contributed by atoms with Crippen molar-refractivity contribution in [1.29, 1.82) is 0 Å². The van der Waals surface area contributed by atoms with Crippen LogP contribution in [0.5, 0.6) is 11.6 Å². The number of nitrogens with zero attached hydrogens (tertiary/aromatic N) is 1. The molecule has 0 atom stereocenters. The predicted octanol–water partition coefficient (Wildman–Crippen LogP) is 5.70. The number of halogens is 1. The summed E-state index contributed by atoms with van der Waals surface area (Å²) in [4.78, 5) is 29.2. The first-order chi connectivity index (χ1) is 16.1. The Morgan fingerprint density at radius 3 is 2.55 bits per heavy atom. The van der Waals surface area contributed by atoms with Gasteiger partial charge in [-0.1, -0.05) is 36.4 Å². The van der Waals surface area contributed by atoms with Crippen molar-refractivity contribution in [3.05, 3.63) is 84.6 Å². The highest BCUT2D eigenvalue weighted by Crippen LogP contribution is 2.39. The Kier molecular flexibility index (Phi) is 6.86. The number of aromatic nitrogens is 1. The number of pyridine rings is 1. The van der Waals surface area contributed by atoms with E-state index in [2.05, 4.69) is 10.3 Å². The van der Waals surface area contributed by atoms with E-state index in [-0.39, 0.29) is 18.2 Å². The fourth-order valence-corrected chi connectivity index (χ4v) is 3.69. The third kappa shape index (κ3) is 4.96. The Morgan fingerprint density at radius 1 is 1.00 bits per heavy atom. The molecule has 1 N–H and O–H groups in total. The molecule has 0 radical (unpaired) electrons. The number of anilines is 1. The minimum Gasteiger partial charge on any atom is -0.481 e. The second kappa shape index (κ2) is 10.1. The SMILES string of the molecule is COc1ncc(-c2cccc(NC(=O)CCCl)c2)c2c(OC(=O)c3ccccc3)cccc12. The van der Waals surface area contributed by atoms with Gasteiger partial charge in [0.05, 0.1) is 12.7 Å². The topological polar surface area (TPSA) is 77.5 Å². The van der Waals surface area contributed by atoms with Crippen molar-refractivity contribution >= 4 is 39.9 Å². The maximum absolute atomic E-state index is 12.8. The van der Waals surface area contributed by atoms with E-state index in [1.165, 1.54) is 7.11 Å². The number of methoxy groups -OCH3 is 1. The number of hydrogen-bond acceptors (Lipinski definition) is 5. The molecule has 4 aromatic rings. The molecule has 0 unspecified atom stereocenters. The lowest BCUT2D eigenvalue weighted by atomic mass is 9.99. The van der Waals surface area contributed by atoms with Crippen LogP contribution in [0.25, 0.3) is 21.9 Å². The van der Waals surface area contributed by atoms with Crippen LogP contribution in [0.15, 0.2) is 79.0 Å². The summed E-state index contributed by atoms with van der Waals surface area (Å²) in [5, 5.41) is 4.22. The normalized spacial score (nSPS) is 10.6. The molecular formula is C26H21ClN2O4. The molecule has 1 heterocycles. The molecule has 0 aliphatic rings. The molecule has 7 heteroatoms. The summed E-state index contributed by atoms with van der Waals surface area (Å²) in [6.45, 7) is 0. The Morgan fingerprint density at radius 2 is 1.79 bits per heavy atom. The van der Waals surface area contributed by atoms with Crippen molar-refractivity contribution in [3.8, 4) is 22.8 Å². The van der Waals surface area contributed by atoms with Gasteiger partial charge in [-0.2, -0.15) is 0 Å². The van der Waals surface area contributed by atoms with E-state index in [1.807, 2.05) is 30.3 Å². The highest BCUT2D eigenvalue weighted by atomic mass is 35.5. The number of esters is 1. The molecule has 0 saturated heterocycles.